The molecule has 1 aromatic rings. The minimum absolute atomic E-state index is 0. The third kappa shape index (κ3) is 11.1. The summed E-state index contributed by atoms with van der Waals surface area (Å²) in [6.45, 7) is -0.692. The molecule has 0 radical (unpaired) electrons. The van der Waals surface area contributed by atoms with Crippen molar-refractivity contribution in [3.05, 3.63) is 22.7 Å². The molecule has 2 heterocycles. The average molecular weight is 469 g/mol. The molecule has 0 aliphatic carbocycles. The average Bonchev–Trinajstić information content (AvgIpc) is 2.90. The van der Waals surface area contributed by atoms with Crippen molar-refractivity contribution in [1.82, 2.24) is 9.55 Å². The second kappa shape index (κ2) is 12.9. The first-order valence-corrected chi connectivity index (χ1v) is 11.4. The van der Waals surface area contributed by atoms with Crippen LogP contribution in [-0.2, 0) is 31.6 Å². The summed E-state index contributed by atoms with van der Waals surface area (Å²) in [6, 6.07) is 1.36. The molecule has 30 heavy (non-hydrogen) atoms. The molecule has 15 nitrogen and oxygen atoms in total. The number of anilines is 1. The van der Waals surface area contributed by atoms with Crippen LogP contribution in [-0.4, -0.2) is 27.2 Å². The van der Waals surface area contributed by atoms with Crippen LogP contribution in [0.25, 0.3) is 0 Å². The third-order valence-corrected chi connectivity index (χ3v) is 6.76. The Hall–Kier alpha value is 0.842. The zero-order valence-corrected chi connectivity index (χ0v) is 18.9. The minimum atomic E-state index is -5.95. The summed E-state index contributed by atoms with van der Waals surface area (Å²) >= 11 is 0. The van der Waals surface area contributed by atoms with Crippen molar-refractivity contribution >= 4 is 29.3 Å². The molecule has 0 bridgehead atoms. The van der Waals surface area contributed by atoms with E-state index in [1.807, 2.05) is 0 Å². The fourth-order valence-corrected chi connectivity index (χ4v) is 5.04. The molecule has 0 saturated carbocycles. The molecule has 1 aromatic heterocycles. The quantitative estimate of drug-likeness (QED) is 0.266. The predicted octanol–water partition coefficient (Wildman–Crippen LogP) is -11.0. The summed E-state index contributed by atoms with van der Waals surface area (Å²) in [5.74, 6) is 0.00772. The molecule has 0 spiro atoms. The first-order chi connectivity index (χ1) is 12.3. The molecule has 0 aromatic carbocycles. The van der Waals surface area contributed by atoms with Gasteiger partial charge in [-0.1, -0.05) is 0 Å². The van der Waals surface area contributed by atoms with E-state index < -0.39 is 48.1 Å². The first kappa shape index (κ1) is 33.0. The van der Waals surface area contributed by atoms with Gasteiger partial charge in [0.1, 0.15) is 12.0 Å². The van der Waals surface area contributed by atoms with Crippen LogP contribution in [0.15, 0.2) is 17.1 Å². The van der Waals surface area contributed by atoms with Gasteiger partial charge in [0.05, 0.1) is 12.7 Å². The number of nitrogens with two attached hydrogens (primary N) is 1. The van der Waals surface area contributed by atoms with Crippen molar-refractivity contribution in [3.8, 4) is 0 Å². The summed E-state index contributed by atoms with van der Waals surface area (Å²) in [5, 5.41) is 0. The summed E-state index contributed by atoms with van der Waals surface area (Å²) < 4.78 is 50.3. The molecule has 1 aliphatic rings. The van der Waals surface area contributed by atoms with Gasteiger partial charge in [-0.15, -0.1) is 0 Å². The number of rotatable bonds is 8. The zero-order valence-electron chi connectivity index (χ0n) is 16.2. The number of hydrogen-bond donors (Lipinski definition) is 2. The van der Waals surface area contributed by atoms with E-state index in [0.29, 0.717) is 0 Å². The van der Waals surface area contributed by atoms with E-state index in [-0.39, 0.29) is 75.2 Å². The Balaban J connectivity index is 0. The van der Waals surface area contributed by atoms with Crippen LogP contribution in [0.2, 0.25) is 0 Å². The van der Waals surface area contributed by atoms with Crippen molar-refractivity contribution in [2.45, 2.75) is 25.2 Å². The minimum Gasteiger partial charge on any atom is -0.756 e. The summed E-state index contributed by atoms with van der Waals surface area (Å²) in [7, 11) is -17.3. The van der Waals surface area contributed by atoms with Crippen molar-refractivity contribution < 1.29 is 108 Å². The third-order valence-electron chi connectivity index (χ3n) is 3.07. The van der Waals surface area contributed by atoms with Gasteiger partial charge in [0, 0.05) is 6.20 Å². The van der Waals surface area contributed by atoms with Gasteiger partial charge in [0.25, 0.3) is 23.5 Å². The Kier molecular flexibility index (Phi) is 14.2. The number of hydrogen-bond acceptors (Lipinski definition) is 13. The maximum atomic E-state index is 11.7. The zero-order chi connectivity index (χ0) is 20.5. The van der Waals surface area contributed by atoms with Crippen LogP contribution in [0.1, 0.15) is 19.1 Å². The van der Waals surface area contributed by atoms with Crippen LogP contribution in [0, 0.1) is 0 Å². The SMILES string of the molecule is Nc1ccn(C2CCC(COP(=O)([O-])OP(=O)([O-])OP(=O)([O-])O)O2)c(=O)n1.[Li+].[Li+].[Li+]. The van der Waals surface area contributed by atoms with Gasteiger partial charge >= 0.3 is 62.3 Å². The van der Waals surface area contributed by atoms with E-state index in [4.69, 9.17) is 15.4 Å². The predicted molar refractivity (Wildman–Crippen MR) is 79.2 cm³/mol. The molecule has 1 fully saturated rings. The molecular weight excluding hydrogens is 456 g/mol. The molecule has 1 saturated heterocycles. The van der Waals surface area contributed by atoms with Crippen molar-refractivity contribution in [1.29, 1.82) is 0 Å². The number of aromatic nitrogens is 2. The molecular formula is C9H13Li3N3O12P3. The summed E-state index contributed by atoms with van der Waals surface area (Å²) in [6.07, 6.45) is 0.221. The number of ether oxygens (including phenoxy) is 1. The van der Waals surface area contributed by atoms with E-state index >= 15 is 0 Å². The fourth-order valence-electron chi connectivity index (χ4n) is 2.12. The van der Waals surface area contributed by atoms with Crippen LogP contribution in [0.3, 0.4) is 0 Å². The summed E-state index contributed by atoms with van der Waals surface area (Å²) in [4.78, 5) is 56.4. The van der Waals surface area contributed by atoms with Crippen molar-refractivity contribution in [2.75, 3.05) is 12.3 Å². The Morgan fingerprint density at radius 2 is 1.77 bits per heavy atom. The number of phosphoric ester groups is 1. The van der Waals surface area contributed by atoms with Gasteiger partial charge < -0.3 is 34.6 Å². The monoisotopic (exact) mass is 469 g/mol. The number of nitrogen functional groups attached to an aromatic ring is 1. The van der Waals surface area contributed by atoms with E-state index in [2.05, 4.69) is 18.1 Å². The van der Waals surface area contributed by atoms with Crippen molar-refractivity contribution in [3.63, 3.8) is 0 Å². The normalized spacial score (nSPS) is 24.1. The van der Waals surface area contributed by atoms with Gasteiger partial charge in [-0.2, -0.15) is 4.98 Å². The maximum absolute atomic E-state index is 11.7. The van der Waals surface area contributed by atoms with Crippen molar-refractivity contribution in [2.24, 2.45) is 0 Å². The van der Waals surface area contributed by atoms with Gasteiger partial charge in [-0.05, 0) is 18.9 Å². The van der Waals surface area contributed by atoms with E-state index in [1.165, 1.54) is 12.3 Å². The smallest absolute Gasteiger partial charge is 0.756 e. The van der Waals surface area contributed by atoms with E-state index in [9.17, 15) is 33.2 Å². The molecule has 5 unspecified atom stereocenters. The van der Waals surface area contributed by atoms with Crippen LogP contribution < -0.4 is 82.7 Å². The molecule has 0 amide bonds. The van der Waals surface area contributed by atoms with Crippen LogP contribution >= 0.6 is 23.5 Å². The van der Waals surface area contributed by atoms with Crippen LogP contribution in [0.4, 0.5) is 5.82 Å². The molecule has 21 heteroatoms. The largest absolute Gasteiger partial charge is 1.00 e. The second-order valence-electron chi connectivity index (χ2n) is 5.15. The van der Waals surface area contributed by atoms with Gasteiger partial charge in [-0.3, -0.25) is 18.3 Å². The van der Waals surface area contributed by atoms with E-state index in [1.54, 1.807) is 0 Å². The second-order valence-corrected chi connectivity index (χ2v) is 9.44. The molecule has 3 N–H and O–H groups in total. The molecule has 5 atom stereocenters. The first-order valence-electron chi connectivity index (χ1n) is 7.00. The Morgan fingerprint density at radius 1 is 1.17 bits per heavy atom. The van der Waals surface area contributed by atoms with Gasteiger partial charge in [0.15, 0.2) is 0 Å². The van der Waals surface area contributed by atoms with Gasteiger partial charge in [-0.25, -0.2) is 13.4 Å². The Morgan fingerprint density at radius 3 is 2.30 bits per heavy atom. The molecule has 154 valence electrons. The van der Waals surface area contributed by atoms with E-state index in [0.717, 1.165) is 4.57 Å². The van der Waals surface area contributed by atoms with Gasteiger partial charge in [0.2, 0.25) is 0 Å². The molecule has 1 aliphatic heterocycles. The number of nitrogens with zero attached hydrogens (tertiary/aromatic N) is 2. The van der Waals surface area contributed by atoms with Crippen LogP contribution in [0.5, 0.6) is 0 Å². The molecule has 2 rings (SSSR count). The Labute approximate surface area is 206 Å². The fraction of sp³-hybridized carbons (Fsp3) is 0.556. The Bertz CT molecular complexity index is 896. The topological polar surface area (TPSA) is 238 Å². The number of phosphoric acid groups is 3. The maximum Gasteiger partial charge on any atom is 1.00 e. The summed E-state index contributed by atoms with van der Waals surface area (Å²) in [5.41, 5.74) is 4.68. The standard InChI is InChI=1S/C9H16N3O12P3.3Li/c10-7-3-4-12(9(13)11-7)8-2-1-6(22-8)5-21-26(17,18)24-27(19,20)23-25(14,15)16;;;/h3-4,6,8H,1-2,5H2,(H,17,18)(H,19,20)(H2,10,11,13)(H2,14,15,16);;;/q;3*+1/p-3.